The number of fused-ring (bicyclic) bond motifs is 1. The predicted octanol–water partition coefficient (Wildman–Crippen LogP) is 5.82. The number of carbonyl (C=O) groups excluding carboxylic acids is 1. The molecule has 2 heterocycles. The van der Waals surface area contributed by atoms with Crippen molar-refractivity contribution >= 4 is 40.2 Å². The first-order valence-electron chi connectivity index (χ1n) is 10.5. The van der Waals surface area contributed by atoms with E-state index in [0.29, 0.717) is 29.2 Å². The van der Waals surface area contributed by atoms with E-state index in [-0.39, 0.29) is 16.6 Å². The average molecular weight is 505 g/mol. The highest BCUT2D eigenvalue weighted by molar-refractivity contribution is 6.32. The number of hydrogen-bond acceptors (Lipinski definition) is 6. The number of ether oxygens (including phenoxy) is 1. The maximum absolute atomic E-state index is 12.6. The molecule has 1 amide bonds. The smallest absolute Gasteiger partial charge is 0.404 e. The fourth-order valence-electron chi connectivity index (χ4n) is 3.32. The van der Waals surface area contributed by atoms with Gasteiger partial charge in [0.15, 0.2) is 0 Å². The van der Waals surface area contributed by atoms with Crippen molar-refractivity contribution in [1.82, 2.24) is 19.7 Å². The van der Waals surface area contributed by atoms with Gasteiger partial charge in [0, 0.05) is 17.8 Å². The highest BCUT2D eigenvalue weighted by Crippen LogP contribution is 2.31. The Bertz CT molecular complexity index is 1380. The molecule has 2 aromatic carbocycles. The van der Waals surface area contributed by atoms with Crippen LogP contribution in [0, 0.1) is 0 Å². The summed E-state index contributed by atoms with van der Waals surface area (Å²) >= 11 is 5.84. The zero-order valence-corrected chi connectivity index (χ0v) is 19.4. The Hall–Kier alpha value is -3.86. The van der Waals surface area contributed by atoms with E-state index < -0.39 is 18.0 Å². The van der Waals surface area contributed by atoms with Gasteiger partial charge in [-0.15, -0.1) is 13.2 Å². The van der Waals surface area contributed by atoms with Crippen LogP contribution < -0.4 is 15.4 Å². The van der Waals surface area contributed by atoms with Crippen molar-refractivity contribution in [1.29, 1.82) is 0 Å². The number of halogens is 4. The molecule has 4 rings (SSSR count). The van der Waals surface area contributed by atoms with Crippen LogP contribution in [0.2, 0.25) is 5.02 Å². The molecule has 4 aromatic rings. The Balaban J connectivity index is 1.45. The van der Waals surface area contributed by atoms with Gasteiger partial charge in [-0.3, -0.25) is 9.48 Å². The first-order chi connectivity index (χ1) is 16.6. The molecule has 8 nitrogen and oxygen atoms in total. The van der Waals surface area contributed by atoms with Crippen LogP contribution in [0.5, 0.6) is 5.75 Å². The number of aryl methyl sites for hydroxylation is 1. The van der Waals surface area contributed by atoms with Gasteiger partial charge >= 0.3 is 6.36 Å². The minimum Gasteiger partial charge on any atom is -0.404 e. The summed E-state index contributed by atoms with van der Waals surface area (Å²) in [5.74, 6) is -0.567. The lowest BCUT2D eigenvalue weighted by atomic mass is 10.1. The number of anilines is 2. The molecular formula is C23H20ClF3N6O2. The number of alkyl halides is 3. The third-order valence-electron chi connectivity index (χ3n) is 5.03. The Morgan fingerprint density at radius 3 is 2.74 bits per heavy atom. The van der Waals surface area contributed by atoms with E-state index in [1.165, 1.54) is 6.07 Å². The molecule has 0 fully saturated rings. The quantitative estimate of drug-likeness (QED) is 0.329. The van der Waals surface area contributed by atoms with Crippen molar-refractivity contribution in [3.8, 4) is 5.75 Å². The van der Waals surface area contributed by atoms with Crippen LogP contribution in [0.15, 0.2) is 54.9 Å². The van der Waals surface area contributed by atoms with E-state index in [1.54, 1.807) is 29.1 Å². The minimum atomic E-state index is -4.88. The van der Waals surface area contributed by atoms with Gasteiger partial charge in [-0.25, -0.2) is 9.97 Å². The predicted molar refractivity (Wildman–Crippen MR) is 126 cm³/mol. The van der Waals surface area contributed by atoms with Crippen LogP contribution >= 0.6 is 11.6 Å². The van der Waals surface area contributed by atoms with Gasteiger partial charge in [-0.05, 0) is 49.7 Å². The molecule has 0 saturated carbocycles. The van der Waals surface area contributed by atoms with Gasteiger partial charge in [0.05, 0.1) is 23.5 Å². The highest BCUT2D eigenvalue weighted by Gasteiger charge is 2.32. The van der Waals surface area contributed by atoms with Gasteiger partial charge in [0.1, 0.15) is 17.1 Å². The summed E-state index contributed by atoms with van der Waals surface area (Å²) in [6.45, 7) is 4.62. The van der Waals surface area contributed by atoms with E-state index in [1.807, 2.05) is 26.1 Å². The monoisotopic (exact) mass is 504 g/mol. The SMILES string of the molecule is CCn1cc2ncc(N[C@@H](C)c3cccc(NC(=O)c4ccc(OC(F)(F)F)c(Cl)c4)c3)nc2n1. The normalized spacial score (nSPS) is 12.4. The first kappa shape index (κ1) is 24.3. The molecule has 12 heteroatoms. The van der Waals surface area contributed by atoms with Gasteiger partial charge in [0.2, 0.25) is 5.65 Å². The number of carbonyl (C=O) groups is 1. The molecule has 2 N–H and O–H groups in total. The molecule has 35 heavy (non-hydrogen) atoms. The number of benzene rings is 2. The molecule has 1 atom stereocenters. The lowest BCUT2D eigenvalue weighted by molar-refractivity contribution is -0.274. The van der Waals surface area contributed by atoms with E-state index in [0.717, 1.165) is 17.7 Å². The molecule has 0 saturated heterocycles. The summed E-state index contributed by atoms with van der Waals surface area (Å²) < 4.78 is 42.8. The summed E-state index contributed by atoms with van der Waals surface area (Å²) in [5.41, 5.74) is 2.67. The van der Waals surface area contributed by atoms with Crippen molar-refractivity contribution in [2.24, 2.45) is 0 Å². The lowest BCUT2D eigenvalue weighted by Gasteiger charge is -2.16. The molecule has 0 radical (unpaired) electrons. The van der Waals surface area contributed by atoms with Crippen molar-refractivity contribution in [3.05, 3.63) is 71.0 Å². The maximum Gasteiger partial charge on any atom is 0.573 e. The average Bonchev–Trinajstić information content (AvgIpc) is 3.22. The van der Waals surface area contributed by atoms with Crippen LogP contribution in [-0.2, 0) is 6.54 Å². The van der Waals surface area contributed by atoms with Crippen molar-refractivity contribution < 1.29 is 22.7 Å². The second-order valence-corrected chi connectivity index (χ2v) is 7.99. The minimum absolute atomic E-state index is 0.0798. The van der Waals surface area contributed by atoms with E-state index >= 15 is 0 Å². The standard InChI is InChI=1S/C23H20ClF3N6O2/c1-3-33-12-18-21(32-33)31-20(11-28-18)29-13(2)14-5-4-6-16(9-14)30-22(34)15-7-8-19(17(24)10-15)35-23(25,26)27/h4-13H,3H2,1-2H3,(H,30,34)(H,29,31,32)/t13-/m0/s1. The van der Waals surface area contributed by atoms with Gasteiger partial charge < -0.3 is 15.4 Å². The molecule has 2 aromatic heterocycles. The van der Waals surface area contributed by atoms with Crippen molar-refractivity contribution in [2.75, 3.05) is 10.6 Å². The summed E-state index contributed by atoms with van der Waals surface area (Å²) in [6, 6.07) is 10.2. The summed E-state index contributed by atoms with van der Waals surface area (Å²) in [6.07, 6.45) is -1.43. The van der Waals surface area contributed by atoms with E-state index in [4.69, 9.17) is 11.6 Å². The first-order valence-corrected chi connectivity index (χ1v) is 10.9. The molecule has 182 valence electrons. The lowest BCUT2D eigenvalue weighted by Crippen LogP contribution is -2.18. The molecule has 0 aliphatic rings. The number of nitrogens with zero attached hydrogens (tertiary/aromatic N) is 4. The van der Waals surface area contributed by atoms with Crippen molar-refractivity contribution in [2.45, 2.75) is 32.8 Å². The zero-order valence-electron chi connectivity index (χ0n) is 18.6. The summed E-state index contributed by atoms with van der Waals surface area (Å²) in [5, 5.41) is 10.0. The van der Waals surface area contributed by atoms with Crippen LogP contribution in [-0.4, -0.2) is 32.0 Å². The van der Waals surface area contributed by atoms with Crippen molar-refractivity contribution in [3.63, 3.8) is 0 Å². The van der Waals surface area contributed by atoms with Gasteiger partial charge in [0.25, 0.3) is 5.91 Å². The third-order valence-corrected chi connectivity index (χ3v) is 5.32. The largest absolute Gasteiger partial charge is 0.573 e. The second kappa shape index (κ2) is 9.79. The molecular weight excluding hydrogens is 485 g/mol. The van der Waals surface area contributed by atoms with E-state index in [2.05, 4.69) is 30.4 Å². The highest BCUT2D eigenvalue weighted by atomic mass is 35.5. The van der Waals surface area contributed by atoms with Gasteiger partial charge in [-0.1, -0.05) is 23.7 Å². The van der Waals surface area contributed by atoms with Crippen LogP contribution in [0.1, 0.15) is 35.8 Å². The fraction of sp³-hybridized carbons (Fsp3) is 0.217. The summed E-state index contributed by atoms with van der Waals surface area (Å²) in [7, 11) is 0. The third kappa shape index (κ3) is 5.99. The molecule has 0 aliphatic heterocycles. The Kier molecular flexibility index (Phi) is 6.79. The molecule has 0 aliphatic carbocycles. The Morgan fingerprint density at radius 1 is 1.23 bits per heavy atom. The number of hydrogen-bond donors (Lipinski definition) is 2. The number of aromatic nitrogens is 4. The molecule has 0 bridgehead atoms. The number of rotatable bonds is 7. The van der Waals surface area contributed by atoms with E-state index in [9.17, 15) is 18.0 Å². The Labute approximate surface area is 203 Å². The fourth-order valence-corrected chi connectivity index (χ4v) is 3.54. The topological polar surface area (TPSA) is 94.0 Å². The maximum atomic E-state index is 12.6. The molecule has 0 unspecified atom stereocenters. The summed E-state index contributed by atoms with van der Waals surface area (Å²) in [4.78, 5) is 21.5. The zero-order chi connectivity index (χ0) is 25.2. The molecule has 0 spiro atoms. The number of amides is 1. The van der Waals surface area contributed by atoms with Crippen LogP contribution in [0.25, 0.3) is 11.2 Å². The number of nitrogens with one attached hydrogen (secondary N) is 2. The van der Waals surface area contributed by atoms with Crippen LogP contribution in [0.3, 0.4) is 0 Å². The second-order valence-electron chi connectivity index (χ2n) is 7.59. The van der Waals surface area contributed by atoms with Gasteiger partial charge in [-0.2, -0.15) is 5.10 Å². The van der Waals surface area contributed by atoms with Crippen LogP contribution in [0.4, 0.5) is 24.7 Å². The Morgan fingerprint density at radius 2 is 2.03 bits per heavy atom.